The van der Waals surface area contributed by atoms with E-state index in [2.05, 4.69) is 69.6 Å². The number of tetrazole rings is 1. The molecule has 0 spiro atoms. The number of H-pyrrole nitrogens is 1. The standard InChI is InChI=1S/C35H33ClN6O/c1-24-19-29-21-30(35(43)37-32(29)20-25(24)2)33(34-38-39-40-42(34)18-17-26-11-5-3-6-12-26)41(22-27-13-7-4-8-14-27)23-28-15-9-10-16-31(28)36/h3-16,19-21,33H,17-18,22-23H2,1-2H3,(H,37,43)/t33-/m0/s1. The van der Waals surface area contributed by atoms with Crippen LogP contribution in [0.4, 0.5) is 0 Å². The predicted octanol–water partition coefficient (Wildman–Crippen LogP) is 6.82. The van der Waals surface area contributed by atoms with Gasteiger partial charge >= 0.3 is 0 Å². The summed E-state index contributed by atoms with van der Waals surface area (Å²) in [6.07, 6.45) is 0.751. The molecule has 2 aromatic heterocycles. The van der Waals surface area contributed by atoms with Crippen LogP contribution < -0.4 is 5.56 Å². The molecule has 1 N–H and O–H groups in total. The Balaban J connectivity index is 1.51. The zero-order valence-corrected chi connectivity index (χ0v) is 25.0. The van der Waals surface area contributed by atoms with E-state index in [0.717, 1.165) is 39.6 Å². The molecule has 2 heterocycles. The van der Waals surface area contributed by atoms with Crippen LogP contribution in [0.1, 0.15) is 45.2 Å². The van der Waals surface area contributed by atoms with Gasteiger partial charge in [0.15, 0.2) is 5.82 Å². The van der Waals surface area contributed by atoms with Crippen molar-refractivity contribution in [2.45, 2.75) is 45.9 Å². The number of hydrogen-bond donors (Lipinski definition) is 1. The maximum atomic E-state index is 13.9. The molecule has 0 aliphatic carbocycles. The van der Waals surface area contributed by atoms with Crippen molar-refractivity contribution in [1.29, 1.82) is 0 Å². The summed E-state index contributed by atoms with van der Waals surface area (Å²) >= 11 is 6.70. The van der Waals surface area contributed by atoms with Crippen LogP contribution in [-0.4, -0.2) is 30.1 Å². The second-order valence-electron chi connectivity index (χ2n) is 11.0. The number of halogens is 1. The zero-order valence-electron chi connectivity index (χ0n) is 24.2. The molecule has 8 heteroatoms. The highest BCUT2D eigenvalue weighted by Gasteiger charge is 2.31. The van der Waals surface area contributed by atoms with E-state index >= 15 is 0 Å². The molecule has 0 aliphatic rings. The zero-order chi connectivity index (χ0) is 29.8. The summed E-state index contributed by atoms with van der Waals surface area (Å²) in [5, 5.41) is 14.7. The lowest BCUT2D eigenvalue weighted by Crippen LogP contribution is -2.35. The maximum absolute atomic E-state index is 13.9. The molecule has 43 heavy (non-hydrogen) atoms. The summed E-state index contributed by atoms with van der Waals surface area (Å²) in [4.78, 5) is 19.3. The van der Waals surface area contributed by atoms with Crippen LogP contribution in [0.3, 0.4) is 0 Å². The summed E-state index contributed by atoms with van der Waals surface area (Å²) in [6.45, 7) is 5.73. The minimum absolute atomic E-state index is 0.171. The highest BCUT2D eigenvalue weighted by molar-refractivity contribution is 6.31. The molecule has 0 aliphatic heterocycles. The average Bonchev–Trinajstić information content (AvgIpc) is 3.48. The molecule has 216 valence electrons. The summed E-state index contributed by atoms with van der Waals surface area (Å²) in [6, 6.07) is 33.9. The Bertz CT molecular complexity index is 1900. The summed E-state index contributed by atoms with van der Waals surface area (Å²) in [5.74, 6) is 0.604. The van der Waals surface area contributed by atoms with Crippen LogP contribution in [0.15, 0.2) is 108 Å². The van der Waals surface area contributed by atoms with Gasteiger partial charge in [-0.2, -0.15) is 0 Å². The Morgan fingerprint density at radius 1 is 0.837 bits per heavy atom. The largest absolute Gasteiger partial charge is 0.322 e. The van der Waals surface area contributed by atoms with Crippen molar-refractivity contribution in [2.75, 3.05) is 0 Å². The van der Waals surface area contributed by atoms with Gasteiger partial charge < -0.3 is 4.98 Å². The third kappa shape index (κ3) is 6.43. The summed E-state index contributed by atoms with van der Waals surface area (Å²) < 4.78 is 1.83. The van der Waals surface area contributed by atoms with E-state index in [-0.39, 0.29) is 5.56 Å². The van der Waals surface area contributed by atoms with E-state index < -0.39 is 6.04 Å². The predicted molar refractivity (Wildman–Crippen MR) is 171 cm³/mol. The normalized spacial score (nSPS) is 12.2. The van der Waals surface area contributed by atoms with E-state index in [4.69, 9.17) is 11.6 Å². The first-order valence-corrected chi connectivity index (χ1v) is 14.8. The fraction of sp³-hybridized carbons (Fsp3) is 0.200. The molecule has 1 atom stereocenters. The lowest BCUT2D eigenvalue weighted by atomic mass is 9.99. The first kappa shape index (κ1) is 28.5. The van der Waals surface area contributed by atoms with Gasteiger partial charge in [-0.05, 0) is 88.2 Å². The third-order valence-corrected chi connectivity index (χ3v) is 8.33. The second kappa shape index (κ2) is 12.7. The van der Waals surface area contributed by atoms with Crippen molar-refractivity contribution in [2.24, 2.45) is 0 Å². The molecule has 4 aromatic carbocycles. The molecular formula is C35H33ClN6O. The molecule has 6 aromatic rings. The van der Waals surface area contributed by atoms with Crippen LogP contribution in [0.25, 0.3) is 10.9 Å². The first-order valence-electron chi connectivity index (χ1n) is 14.4. The average molecular weight is 589 g/mol. The molecule has 0 unspecified atom stereocenters. The van der Waals surface area contributed by atoms with Gasteiger partial charge in [0.2, 0.25) is 0 Å². The fourth-order valence-corrected chi connectivity index (χ4v) is 5.74. The topological polar surface area (TPSA) is 79.7 Å². The van der Waals surface area contributed by atoms with Crippen LogP contribution in [0.2, 0.25) is 5.02 Å². The Hall–Kier alpha value is -4.59. The smallest absolute Gasteiger partial charge is 0.253 e. The van der Waals surface area contributed by atoms with Crippen LogP contribution in [0.5, 0.6) is 0 Å². The van der Waals surface area contributed by atoms with Gasteiger partial charge in [0.1, 0.15) is 6.04 Å². The Morgan fingerprint density at radius 3 is 2.26 bits per heavy atom. The first-order chi connectivity index (χ1) is 21.0. The van der Waals surface area contributed by atoms with Crippen LogP contribution in [-0.2, 0) is 26.1 Å². The number of nitrogens with zero attached hydrogens (tertiary/aromatic N) is 5. The minimum atomic E-state index is -0.558. The molecule has 0 fully saturated rings. The number of hydrogen-bond acceptors (Lipinski definition) is 5. The maximum Gasteiger partial charge on any atom is 0.253 e. The fourth-order valence-electron chi connectivity index (χ4n) is 5.54. The Morgan fingerprint density at radius 2 is 1.51 bits per heavy atom. The molecule has 7 nitrogen and oxygen atoms in total. The van der Waals surface area contributed by atoms with Gasteiger partial charge in [0, 0.05) is 35.7 Å². The van der Waals surface area contributed by atoms with Gasteiger partial charge in [0.05, 0.1) is 0 Å². The van der Waals surface area contributed by atoms with Crippen molar-refractivity contribution in [1.82, 2.24) is 30.1 Å². The van der Waals surface area contributed by atoms with Crippen LogP contribution >= 0.6 is 11.6 Å². The van der Waals surface area contributed by atoms with Crippen molar-refractivity contribution < 1.29 is 0 Å². The number of rotatable bonds is 10. The Labute approximate surface area is 255 Å². The van der Waals surface area contributed by atoms with Crippen molar-refractivity contribution >= 4 is 22.5 Å². The van der Waals surface area contributed by atoms with Crippen molar-refractivity contribution in [3.63, 3.8) is 0 Å². The molecule has 0 saturated heterocycles. The number of aryl methyl sites for hydroxylation is 4. The SMILES string of the molecule is Cc1cc2cc([C@@H](c3nnnn3CCc3ccccc3)N(Cc3ccccc3)Cc3ccccc3Cl)c(=O)[nH]c2cc1C. The van der Waals surface area contributed by atoms with Gasteiger partial charge in [-0.3, -0.25) is 9.69 Å². The number of pyridine rings is 1. The third-order valence-electron chi connectivity index (χ3n) is 7.97. The number of fused-ring (bicyclic) bond motifs is 1. The van der Waals surface area contributed by atoms with Crippen molar-refractivity contribution in [3.05, 3.63) is 158 Å². The monoisotopic (exact) mass is 588 g/mol. The molecule has 0 saturated carbocycles. The van der Waals surface area contributed by atoms with E-state index in [9.17, 15) is 4.79 Å². The van der Waals surface area contributed by atoms with Crippen LogP contribution in [0, 0.1) is 13.8 Å². The van der Waals surface area contributed by atoms with E-state index in [0.29, 0.717) is 36.0 Å². The highest BCUT2D eigenvalue weighted by atomic mass is 35.5. The minimum Gasteiger partial charge on any atom is -0.322 e. The molecule has 0 radical (unpaired) electrons. The van der Waals surface area contributed by atoms with Crippen molar-refractivity contribution in [3.8, 4) is 0 Å². The number of benzene rings is 4. The molecular weight excluding hydrogens is 556 g/mol. The summed E-state index contributed by atoms with van der Waals surface area (Å²) in [5.41, 5.74) is 6.74. The van der Waals surface area contributed by atoms with Gasteiger partial charge in [-0.1, -0.05) is 90.5 Å². The second-order valence-corrected chi connectivity index (χ2v) is 11.4. The molecule has 0 bridgehead atoms. The van der Waals surface area contributed by atoms with Gasteiger partial charge in [-0.25, -0.2) is 4.68 Å². The van der Waals surface area contributed by atoms with E-state index in [1.165, 1.54) is 5.56 Å². The molecule has 6 rings (SSSR count). The van der Waals surface area contributed by atoms with Gasteiger partial charge in [0.25, 0.3) is 5.56 Å². The lowest BCUT2D eigenvalue weighted by molar-refractivity contribution is 0.193. The van der Waals surface area contributed by atoms with Gasteiger partial charge in [-0.15, -0.1) is 5.10 Å². The molecule has 0 amide bonds. The highest BCUT2D eigenvalue weighted by Crippen LogP contribution is 2.32. The van der Waals surface area contributed by atoms with E-state index in [1.54, 1.807) is 0 Å². The quantitative estimate of drug-likeness (QED) is 0.190. The van der Waals surface area contributed by atoms with E-state index in [1.807, 2.05) is 77.5 Å². The Kier molecular flexibility index (Phi) is 8.45. The number of nitrogens with one attached hydrogen (secondary N) is 1. The summed E-state index contributed by atoms with van der Waals surface area (Å²) in [7, 11) is 0. The number of aromatic nitrogens is 5. The number of aromatic amines is 1. The lowest BCUT2D eigenvalue weighted by Gasteiger charge is -2.31.